The summed E-state index contributed by atoms with van der Waals surface area (Å²) in [6.07, 6.45) is 0. The van der Waals surface area contributed by atoms with E-state index in [1.165, 1.54) is 61.7 Å². The fourth-order valence-corrected chi connectivity index (χ4v) is 4.70. The van der Waals surface area contributed by atoms with Crippen LogP contribution in [0.15, 0.2) is 78.9 Å². The Balaban J connectivity index is 0.000000739. The molecule has 4 aromatic rings. The van der Waals surface area contributed by atoms with Crippen molar-refractivity contribution in [3.63, 3.8) is 0 Å². The van der Waals surface area contributed by atoms with Gasteiger partial charge in [0.05, 0.1) is 55.3 Å². The number of nitrogens with two attached hydrogens (primary N) is 1. The van der Waals surface area contributed by atoms with Crippen LogP contribution in [0.2, 0.25) is 0 Å². The molecule has 7 rings (SSSR count). The molecule has 4 aromatic carbocycles. The van der Waals surface area contributed by atoms with Crippen molar-refractivity contribution in [3.8, 4) is 0 Å². The van der Waals surface area contributed by atoms with Gasteiger partial charge in [0, 0.05) is 60.9 Å². The summed E-state index contributed by atoms with van der Waals surface area (Å²) in [7, 11) is 2.14. The summed E-state index contributed by atoms with van der Waals surface area (Å²) in [5.41, 5.74) is 7.37. The molecule has 3 N–H and O–H groups in total. The van der Waals surface area contributed by atoms with Gasteiger partial charge in [0.2, 0.25) is 5.91 Å². The minimum absolute atomic E-state index is 0. The van der Waals surface area contributed by atoms with Gasteiger partial charge in [0.25, 0.3) is 28.9 Å². The van der Waals surface area contributed by atoms with E-state index in [1.54, 1.807) is 18.2 Å². The van der Waals surface area contributed by atoms with Crippen LogP contribution in [0.3, 0.4) is 0 Å². The molecule has 59 heavy (non-hydrogen) atoms. The number of rotatable bonds is 5. The van der Waals surface area contributed by atoms with E-state index in [0.29, 0.717) is 22.3 Å². The van der Waals surface area contributed by atoms with Crippen molar-refractivity contribution in [1.82, 2.24) is 5.32 Å². The summed E-state index contributed by atoms with van der Waals surface area (Å²) in [4.78, 5) is 104. The second-order valence-electron chi connectivity index (χ2n) is 11.0. The standard InChI is InChI=1S/C9H9NO3.C8H4N2O4.2C8H5NO4.CH3NO2.B.Na.H/c1-13-9(12)7-5-3-2-4-6(7)8(10)11;11-7-5-2-1-4(10(13)14)3-6(5)8(12)9-7;10-8-7-2-1-6(9(11)12)3-5(7)4-13-8;10-8-7-3-6(9(11)12)2-1-5(7)4-13-8;1-2(3)4;;;/h2-5H,1H3,(H2,10,11);1-3H,(H,9,11,12);2*1-3H,4H2;1H3;;;/q;;;;;;+1;-1. The average molecular weight is 825 g/mol. The second kappa shape index (κ2) is 22.3. The monoisotopic (exact) mass is 825 g/mol. The van der Waals surface area contributed by atoms with Crippen molar-refractivity contribution in [1.29, 1.82) is 0 Å². The number of non-ortho nitro benzene ring substituents is 3. The zero-order valence-electron chi connectivity index (χ0n) is 31.8. The van der Waals surface area contributed by atoms with Crippen LogP contribution in [0, 0.1) is 40.5 Å². The maximum absolute atomic E-state index is 11.1. The largest absolute Gasteiger partial charge is 1.00 e. The zero-order valence-corrected chi connectivity index (χ0v) is 32.8. The SMILES string of the molecule is COC(=O)c1ccccc1C(N)=O.C[N+](=O)[O-].O=C1NC(=O)c2cc([N+](=O)[O-])ccc21.O=C1OCc2cc([N+](=O)[O-])ccc21.O=C1OCc2ccc([N+](=O)[O-])cc21.[B].[H-].[Na+]. The maximum Gasteiger partial charge on any atom is 1.00 e. The average Bonchev–Trinajstić information content (AvgIpc) is 3.84. The van der Waals surface area contributed by atoms with Crippen LogP contribution in [-0.2, 0) is 27.4 Å². The van der Waals surface area contributed by atoms with E-state index in [9.17, 15) is 59.1 Å². The van der Waals surface area contributed by atoms with Gasteiger partial charge < -0.3 is 21.4 Å². The van der Waals surface area contributed by atoms with E-state index in [1.807, 2.05) is 5.32 Å². The summed E-state index contributed by atoms with van der Waals surface area (Å²) in [5.74, 6) is -3.20. The van der Waals surface area contributed by atoms with E-state index < -0.39 is 55.3 Å². The van der Waals surface area contributed by atoms with Crippen LogP contribution in [0.25, 0.3) is 0 Å². The molecule has 299 valence electrons. The number of esters is 3. The van der Waals surface area contributed by atoms with Crippen molar-refractivity contribution in [2.24, 2.45) is 5.73 Å². The van der Waals surface area contributed by atoms with Crippen molar-refractivity contribution in [2.75, 3.05) is 14.2 Å². The van der Waals surface area contributed by atoms with Crippen LogP contribution < -0.4 is 40.6 Å². The Morgan fingerprint density at radius 2 is 1.08 bits per heavy atom. The van der Waals surface area contributed by atoms with Gasteiger partial charge in [-0.15, -0.1) is 0 Å². The first kappa shape index (κ1) is 49.6. The van der Waals surface area contributed by atoms with E-state index in [-0.39, 0.29) is 91.9 Å². The van der Waals surface area contributed by atoms with E-state index >= 15 is 0 Å². The number of hydrogen-bond acceptors (Lipinski definition) is 17. The molecule has 0 unspecified atom stereocenters. The molecule has 0 fully saturated rings. The van der Waals surface area contributed by atoms with Crippen LogP contribution >= 0.6 is 0 Å². The van der Waals surface area contributed by atoms with Gasteiger partial charge in [-0.1, -0.05) is 12.1 Å². The number of nitrogens with zero attached hydrogens (tertiary/aromatic N) is 4. The van der Waals surface area contributed by atoms with Crippen LogP contribution in [0.5, 0.6) is 0 Å². The normalized spacial score (nSPS) is 11.8. The zero-order chi connectivity index (χ0) is 42.6. The van der Waals surface area contributed by atoms with Gasteiger partial charge in [-0.25, -0.2) is 14.4 Å². The number of fused-ring (bicyclic) bond motifs is 3. The molecule has 0 atom stereocenters. The van der Waals surface area contributed by atoms with Crippen molar-refractivity contribution >= 4 is 61.1 Å². The number of benzene rings is 4. The Bertz CT molecular complexity index is 2360. The van der Waals surface area contributed by atoms with Crippen molar-refractivity contribution in [3.05, 3.63) is 164 Å². The van der Waals surface area contributed by atoms with Crippen molar-refractivity contribution < 1.29 is 93.7 Å². The molecular weight excluding hydrogens is 798 g/mol. The minimum atomic E-state index is -0.638. The van der Waals surface area contributed by atoms with E-state index in [2.05, 4.69) is 4.74 Å². The number of cyclic esters (lactones) is 2. The Morgan fingerprint density at radius 1 is 0.661 bits per heavy atom. The molecular formula is C34H27BN6NaO17. The number of hydrogen-bond donors (Lipinski definition) is 2. The fraction of sp³-hybridized carbons (Fsp3) is 0.118. The third kappa shape index (κ3) is 13.3. The summed E-state index contributed by atoms with van der Waals surface area (Å²) >= 11 is 0. The number of nitro groups is 4. The molecule has 0 spiro atoms. The Hall–Kier alpha value is -7.44. The number of nitro benzene ring substituents is 3. The van der Waals surface area contributed by atoms with Crippen molar-refractivity contribution in [2.45, 2.75) is 13.2 Å². The number of ether oxygens (including phenoxy) is 3. The molecule has 0 saturated heterocycles. The third-order valence-electron chi connectivity index (χ3n) is 7.29. The Labute approximate surface area is 355 Å². The summed E-state index contributed by atoms with van der Waals surface area (Å²) < 4.78 is 13.9. The first-order valence-electron chi connectivity index (χ1n) is 15.4. The van der Waals surface area contributed by atoms with E-state index in [4.69, 9.17) is 25.3 Å². The van der Waals surface area contributed by atoms with Crippen LogP contribution in [0.4, 0.5) is 17.1 Å². The molecule has 3 aliphatic rings. The summed E-state index contributed by atoms with van der Waals surface area (Å²) in [5, 5.41) is 42.0. The Kier molecular flexibility index (Phi) is 18.8. The quantitative estimate of drug-likeness (QED) is 0.0678. The molecule has 23 nitrogen and oxygen atoms in total. The Morgan fingerprint density at radius 3 is 1.59 bits per heavy atom. The van der Waals surface area contributed by atoms with Gasteiger partial charge >= 0.3 is 47.5 Å². The van der Waals surface area contributed by atoms with Crippen LogP contribution in [0.1, 0.15) is 74.7 Å². The first-order chi connectivity index (χ1) is 26.9. The molecule has 0 saturated carbocycles. The molecule has 3 radical (unpaired) electrons. The van der Waals surface area contributed by atoms with Gasteiger partial charge in [0.1, 0.15) is 13.2 Å². The second-order valence-corrected chi connectivity index (χ2v) is 11.0. The molecule has 0 aromatic heterocycles. The molecule has 3 heterocycles. The predicted octanol–water partition coefficient (Wildman–Crippen LogP) is 0.210. The van der Waals surface area contributed by atoms with Crippen LogP contribution in [-0.4, -0.2) is 77.9 Å². The first-order valence-corrected chi connectivity index (χ1v) is 15.4. The summed E-state index contributed by atoms with van der Waals surface area (Å²) in [6.45, 7) is 0.349. The molecule has 0 aliphatic carbocycles. The molecule has 3 aliphatic heterocycles. The smallest absolute Gasteiger partial charge is 1.00 e. The van der Waals surface area contributed by atoms with Gasteiger partial charge in [-0.3, -0.25) is 60.2 Å². The van der Waals surface area contributed by atoms with Gasteiger partial charge in [0.15, 0.2) is 7.05 Å². The number of carbonyl (C=O) groups is 6. The molecule has 25 heteroatoms. The topological polar surface area (TPSA) is 341 Å². The molecule has 0 bridgehead atoms. The number of amides is 3. The fourth-order valence-electron chi connectivity index (χ4n) is 4.70. The number of methoxy groups -OCH3 is 1. The number of primary amides is 1. The van der Waals surface area contributed by atoms with Gasteiger partial charge in [-0.2, -0.15) is 0 Å². The van der Waals surface area contributed by atoms with E-state index in [0.717, 1.165) is 13.1 Å². The minimum Gasteiger partial charge on any atom is -1.00 e. The number of carbonyl (C=O) groups excluding carboxylic acids is 6. The number of imide groups is 1. The molecule has 3 amide bonds. The third-order valence-corrected chi connectivity index (χ3v) is 7.29. The number of nitrogens with one attached hydrogen (secondary N) is 1. The van der Waals surface area contributed by atoms with Gasteiger partial charge in [-0.05, 0) is 30.3 Å². The predicted molar refractivity (Wildman–Crippen MR) is 195 cm³/mol. The maximum atomic E-state index is 11.1. The summed E-state index contributed by atoms with van der Waals surface area (Å²) in [6, 6.07) is 18.0.